The van der Waals surface area contributed by atoms with Crippen LogP contribution in [0.2, 0.25) is 0 Å². The molecule has 3 rings (SSSR count). The lowest BCUT2D eigenvalue weighted by Crippen LogP contribution is -2.26. The molecule has 0 spiro atoms. The highest BCUT2D eigenvalue weighted by atomic mass is 16.5. The molecule has 1 atom stereocenters. The van der Waals surface area contributed by atoms with Gasteiger partial charge in [0.25, 0.3) is 0 Å². The lowest BCUT2D eigenvalue weighted by Gasteiger charge is -2.20. The van der Waals surface area contributed by atoms with Gasteiger partial charge in [-0.05, 0) is 18.6 Å². The number of ether oxygens (including phenoxy) is 1. The Bertz CT molecular complexity index is 697. The molecule has 1 aliphatic rings. The fourth-order valence-corrected chi connectivity index (χ4v) is 2.68. The lowest BCUT2D eigenvalue weighted by atomic mass is 10.2. The highest BCUT2D eigenvalue weighted by Crippen LogP contribution is 2.25. The van der Waals surface area contributed by atoms with Crippen molar-refractivity contribution in [2.45, 2.75) is 12.5 Å². The van der Waals surface area contributed by atoms with Crippen LogP contribution in [0.15, 0.2) is 36.7 Å². The number of nitrogens with zero attached hydrogens (tertiary/aromatic N) is 4. The number of hydrogen-bond acceptors (Lipinski definition) is 6. The Balaban J connectivity index is 1.68. The number of nitrogens with one attached hydrogen (secondary N) is 1. The van der Waals surface area contributed by atoms with Gasteiger partial charge in [-0.25, -0.2) is 9.97 Å². The summed E-state index contributed by atoms with van der Waals surface area (Å²) < 4.78 is 5.10. The molecule has 2 heterocycles. The molecule has 112 valence electrons. The van der Waals surface area contributed by atoms with Crippen LogP contribution in [0.5, 0.6) is 5.88 Å². The predicted octanol–water partition coefficient (Wildman–Crippen LogP) is 2.05. The molecular weight excluding hydrogens is 278 g/mol. The van der Waals surface area contributed by atoms with E-state index >= 15 is 0 Å². The minimum atomic E-state index is 0.284. The first-order valence-corrected chi connectivity index (χ1v) is 7.17. The fourth-order valence-electron chi connectivity index (χ4n) is 2.68. The summed E-state index contributed by atoms with van der Waals surface area (Å²) in [6, 6.07) is 12.0. The van der Waals surface area contributed by atoms with E-state index in [4.69, 9.17) is 4.74 Å². The first-order valence-electron chi connectivity index (χ1n) is 7.17. The highest BCUT2D eigenvalue weighted by molar-refractivity contribution is 5.60. The van der Waals surface area contributed by atoms with Crippen molar-refractivity contribution >= 4 is 11.5 Å². The number of hydrogen-bond donors (Lipinski definition) is 1. The minimum Gasteiger partial charge on any atom is -0.481 e. The van der Waals surface area contributed by atoms with Crippen molar-refractivity contribution in [3.05, 3.63) is 42.2 Å². The van der Waals surface area contributed by atoms with Gasteiger partial charge >= 0.3 is 0 Å². The van der Waals surface area contributed by atoms with Gasteiger partial charge in [-0.1, -0.05) is 12.1 Å². The minimum absolute atomic E-state index is 0.284. The fraction of sp³-hybridized carbons (Fsp3) is 0.312. The van der Waals surface area contributed by atoms with Gasteiger partial charge in [0.2, 0.25) is 5.88 Å². The van der Waals surface area contributed by atoms with Crippen molar-refractivity contribution in [1.29, 1.82) is 5.26 Å². The normalized spacial score (nSPS) is 17.1. The van der Waals surface area contributed by atoms with Crippen molar-refractivity contribution in [2.75, 3.05) is 30.4 Å². The Morgan fingerprint density at radius 1 is 1.36 bits per heavy atom. The number of nitriles is 1. The summed E-state index contributed by atoms with van der Waals surface area (Å²) in [5.74, 6) is 1.30. The maximum absolute atomic E-state index is 9.21. The molecule has 0 saturated carbocycles. The number of methoxy groups -OCH3 is 1. The monoisotopic (exact) mass is 295 g/mol. The molecule has 6 heteroatoms. The average molecular weight is 295 g/mol. The Morgan fingerprint density at radius 2 is 2.23 bits per heavy atom. The number of aromatic nitrogens is 2. The van der Waals surface area contributed by atoms with Crippen LogP contribution in [0.4, 0.5) is 11.5 Å². The Morgan fingerprint density at radius 3 is 3.05 bits per heavy atom. The molecule has 1 saturated heterocycles. The summed E-state index contributed by atoms with van der Waals surface area (Å²) in [6.45, 7) is 1.75. The Kier molecular flexibility index (Phi) is 4.05. The molecular formula is C16H17N5O. The zero-order valence-corrected chi connectivity index (χ0v) is 12.4. The molecule has 0 bridgehead atoms. The molecule has 22 heavy (non-hydrogen) atoms. The van der Waals surface area contributed by atoms with E-state index in [1.54, 1.807) is 13.2 Å². The van der Waals surface area contributed by atoms with E-state index in [-0.39, 0.29) is 6.04 Å². The summed E-state index contributed by atoms with van der Waals surface area (Å²) in [4.78, 5) is 10.4. The third kappa shape index (κ3) is 2.93. The Labute approximate surface area is 129 Å². The zero-order valence-electron chi connectivity index (χ0n) is 12.4. The second-order valence-corrected chi connectivity index (χ2v) is 5.15. The molecule has 1 aromatic heterocycles. The van der Waals surface area contributed by atoms with Crippen LogP contribution in [0, 0.1) is 11.3 Å². The molecule has 1 N–H and O–H groups in total. The van der Waals surface area contributed by atoms with E-state index < -0.39 is 0 Å². The van der Waals surface area contributed by atoms with E-state index in [0.29, 0.717) is 11.4 Å². The van der Waals surface area contributed by atoms with Crippen LogP contribution in [0.25, 0.3) is 0 Å². The van der Waals surface area contributed by atoms with Gasteiger partial charge in [0.1, 0.15) is 18.2 Å². The van der Waals surface area contributed by atoms with Crippen LogP contribution >= 0.6 is 0 Å². The maximum atomic E-state index is 9.21. The second kappa shape index (κ2) is 6.31. The molecule has 0 amide bonds. The summed E-state index contributed by atoms with van der Waals surface area (Å²) in [7, 11) is 1.59. The van der Waals surface area contributed by atoms with Crippen LogP contribution in [-0.2, 0) is 0 Å². The molecule has 1 aliphatic heterocycles. The van der Waals surface area contributed by atoms with E-state index in [2.05, 4.69) is 26.3 Å². The van der Waals surface area contributed by atoms with E-state index in [0.717, 1.165) is 31.0 Å². The number of para-hydroxylation sites is 1. The average Bonchev–Trinajstić information content (AvgIpc) is 3.03. The summed E-state index contributed by atoms with van der Waals surface area (Å²) in [5, 5.41) is 12.6. The quantitative estimate of drug-likeness (QED) is 0.930. The zero-order chi connectivity index (χ0) is 15.4. The van der Waals surface area contributed by atoms with E-state index in [9.17, 15) is 5.26 Å². The summed E-state index contributed by atoms with van der Waals surface area (Å²) >= 11 is 0. The number of rotatable bonds is 4. The SMILES string of the molecule is COc1cc(NC2CCN(c3ccccc3C#N)C2)ncn1. The van der Waals surface area contributed by atoms with Gasteiger partial charge in [0.05, 0.1) is 18.4 Å². The second-order valence-electron chi connectivity index (χ2n) is 5.15. The van der Waals surface area contributed by atoms with Gasteiger partial charge in [-0.3, -0.25) is 0 Å². The molecule has 2 aromatic rings. The van der Waals surface area contributed by atoms with Gasteiger partial charge < -0.3 is 15.0 Å². The maximum Gasteiger partial charge on any atom is 0.218 e. The van der Waals surface area contributed by atoms with E-state index in [1.165, 1.54) is 6.33 Å². The molecule has 0 aliphatic carbocycles. The topological polar surface area (TPSA) is 74.1 Å². The van der Waals surface area contributed by atoms with Crippen LogP contribution in [0.3, 0.4) is 0 Å². The molecule has 0 radical (unpaired) electrons. The van der Waals surface area contributed by atoms with Crippen LogP contribution in [-0.4, -0.2) is 36.2 Å². The van der Waals surface area contributed by atoms with Crippen molar-refractivity contribution in [1.82, 2.24) is 9.97 Å². The predicted molar refractivity (Wildman–Crippen MR) is 84.0 cm³/mol. The first-order chi connectivity index (χ1) is 10.8. The third-order valence-electron chi connectivity index (χ3n) is 3.76. The third-order valence-corrected chi connectivity index (χ3v) is 3.76. The van der Waals surface area contributed by atoms with Crippen molar-refractivity contribution in [3.63, 3.8) is 0 Å². The Hall–Kier alpha value is -2.81. The van der Waals surface area contributed by atoms with Crippen LogP contribution < -0.4 is 15.0 Å². The van der Waals surface area contributed by atoms with E-state index in [1.807, 2.05) is 24.3 Å². The van der Waals surface area contributed by atoms with Gasteiger partial charge in [-0.15, -0.1) is 0 Å². The lowest BCUT2D eigenvalue weighted by molar-refractivity contribution is 0.397. The van der Waals surface area contributed by atoms with Crippen molar-refractivity contribution in [3.8, 4) is 11.9 Å². The van der Waals surface area contributed by atoms with Crippen molar-refractivity contribution < 1.29 is 4.74 Å². The van der Waals surface area contributed by atoms with Crippen LogP contribution in [0.1, 0.15) is 12.0 Å². The molecule has 1 fully saturated rings. The smallest absolute Gasteiger partial charge is 0.218 e. The number of benzene rings is 1. The highest BCUT2D eigenvalue weighted by Gasteiger charge is 2.24. The summed E-state index contributed by atoms with van der Waals surface area (Å²) in [5.41, 5.74) is 1.71. The van der Waals surface area contributed by atoms with Gasteiger partial charge in [0, 0.05) is 25.2 Å². The number of anilines is 2. The van der Waals surface area contributed by atoms with Crippen molar-refractivity contribution in [2.24, 2.45) is 0 Å². The van der Waals surface area contributed by atoms with Gasteiger partial charge in [0.15, 0.2) is 0 Å². The molecule has 6 nitrogen and oxygen atoms in total. The standard InChI is InChI=1S/C16H17N5O/c1-22-16-8-15(18-11-19-16)20-13-6-7-21(10-13)14-5-3-2-4-12(14)9-17/h2-5,8,11,13H,6-7,10H2,1H3,(H,18,19,20). The summed E-state index contributed by atoms with van der Waals surface area (Å²) in [6.07, 6.45) is 2.48. The van der Waals surface area contributed by atoms with Gasteiger partial charge in [-0.2, -0.15) is 5.26 Å². The molecule has 1 unspecified atom stereocenters. The first kappa shape index (κ1) is 14.1. The largest absolute Gasteiger partial charge is 0.481 e. The molecule has 1 aromatic carbocycles.